The molecule has 0 heterocycles. The van der Waals surface area contributed by atoms with Gasteiger partial charge in [-0.1, -0.05) is 6.92 Å². The Balaban J connectivity index is 4.22. The lowest BCUT2D eigenvalue weighted by atomic mass is 9.88. The van der Waals surface area contributed by atoms with Crippen LogP contribution in [-0.2, 0) is 9.59 Å². The Morgan fingerprint density at radius 1 is 1.50 bits per heavy atom. The van der Waals surface area contributed by atoms with Gasteiger partial charge < -0.3 is 10.6 Å². The fourth-order valence-corrected chi connectivity index (χ4v) is 0.734. The normalized spacial score (nSPS) is 13.6. The number of carbonyl (C=O) groups excluding carboxylic acids is 2. The van der Waals surface area contributed by atoms with Crippen LogP contribution in [0.15, 0.2) is 0 Å². The third kappa shape index (κ3) is 3.05. The zero-order valence-electron chi connectivity index (χ0n) is 8.68. The molecule has 5 heteroatoms. The minimum absolute atomic E-state index is 0.0907. The van der Waals surface area contributed by atoms with Crippen LogP contribution in [-0.4, -0.2) is 25.4 Å². The number of carbonyl (C=O) groups is 2. The molecule has 0 saturated heterocycles. The first-order chi connectivity index (χ1) is 6.50. The van der Waals surface area contributed by atoms with Crippen molar-refractivity contribution in [2.45, 2.75) is 20.3 Å². The molecule has 0 aromatic carbocycles. The van der Waals surface area contributed by atoms with Crippen molar-refractivity contribution < 1.29 is 9.59 Å². The molecule has 0 rings (SSSR count). The summed E-state index contributed by atoms with van der Waals surface area (Å²) in [5.41, 5.74) is -1.05. The summed E-state index contributed by atoms with van der Waals surface area (Å²) in [5.74, 6) is -0.694. The molecule has 0 bridgehead atoms. The number of nitrogens with zero attached hydrogens (tertiary/aromatic N) is 1. The molecule has 0 aliphatic carbocycles. The van der Waals surface area contributed by atoms with Gasteiger partial charge in [0.1, 0.15) is 5.41 Å². The summed E-state index contributed by atoms with van der Waals surface area (Å²) in [6.07, 6.45) is 0.420. The SMILES string of the molecule is CCC(C)(C#N)C(=O)NCC(=O)NC. The zero-order chi connectivity index (χ0) is 11.2. The van der Waals surface area contributed by atoms with E-state index in [1.165, 1.54) is 7.05 Å². The molecule has 78 valence electrons. The Kier molecular flexibility index (Phi) is 4.64. The van der Waals surface area contributed by atoms with E-state index >= 15 is 0 Å². The van der Waals surface area contributed by atoms with E-state index in [9.17, 15) is 9.59 Å². The van der Waals surface area contributed by atoms with Gasteiger partial charge >= 0.3 is 0 Å². The largest absolute Gasteiger partial charge is 0.358 e. The lowest BCUT2D eigenvalue weighted by Gasteiger charge is -2.17. The van der Waals surface area contributed by atoms with E-state index in [0.717, 1.165) is 0 Å². The average molecular weight is 197 g/mol. The van der Waals surface area contributed by atoms with E-state index in [0.29, 0.717) is 6.42 Å². The Morgan fingerprint density at radius 2 is 2.07 bits per heavy atom. The predicted molar refractivity (Wildman–Crippen MR) is 51.1 cm³/mol. The summed E-state index contributed by atoms with van der Waals surface area (Å²) < 4.78 is 0. The van der Waals surface area contributed by atoms with Gasteiger partial charge in [-0.25, -0.2) is 0 Å². The second-order valence-corrected chi connectivity index (χ2v) is 3.15. The number of hydrogen-bond donors (Lipinski definition) is 2. The maximum Gasteiger partial charge on any atom is 0.240 e. The average Bonchev–Trinajstić information content (AvgIpc) is 2.23. The molecule has 1 atom stereocenters. The molecule has 2 N–H and O–H groups in total. The van der Waals surface area contributed by atoms with Crippen molar-refractivity contribution in [3.8, 4) is 6.07 Å². The van der Waals surface area contributed by atoms with Crippen LogP contribution in [0, 0.1) is 16.7 Å². The van der Waals surface area contributed by atoms with Gasteiger partial charge in [-0.2, -0.15) is 5.26 Å². The fraction of sp³-hybridized carbons (Fsp3) is 0.667. The van der Waals surface area contributed by atoms with E-state index in [1.807, 2.05) is 6.07 Å². The highest BCUT2D eigenvalue weighted by Crippen LogP contribution is 2.19. The van der Waals surface area contributed by atoms with E-state index in [2.05, 4.69) is 10.6 Å². The summed E-state index contributed by atoms with van der Waals surface area (Å²) in [6.45, 7) is 3.21. The maximum absolute atomic E-state index is 11.4. The molecule has 14 heavy (non-hydrogen) atoms. The molecule has 2 amide bonds. The molecular weight excluding hydrogens is 182 g/mol. The molecule has 5 nitrogen and oxygen atoms in total. The van der Waals surface area contributed by atoms with Gasteiger partial charge in [0.2, 0.25) is 11.8 Å². The van der Waals surface area contributed by atoms with Gasteiger partial charge in [0.25, 0.3) is 0 Å². The third-order valence-electron chi connectivity index (χ3n) is 2.14. The van der Waals surface area contributed by atoms with Gasteiger partial charge in [-0.05, 0) is 13.3 Å². The summed E-state index contributed by atoms with van der Waals surface area (Å²) in [5, 5.41) is 13.5. The second kappa shape index (κ2) is 5.22. The van der Waals surface area contributed by atoms with Crippen LogP contribution in [0.25, 0.3) is 0 Å². The molecule has 0 saturated carbocycles. The minimum Gasteiger partial charge on any atom is -0.358 e. The van der Waals surface area contributed by atoms with E-state index in [1.54, 1.807) is 13.8 Å². The summed E-state index contributed by atoms with van der Waals surface area (Å²) in [4.78, 5) is 22.2. The first kappa shape index (κ1) is 12.4. The Labute approximate surface area is 83.5 Å². The van der Waals surface area contributed by atoms with Crippen molar-refractivity contribution in [3.05, 3.63) is 0 Å². The van der Waals surface area contributed by atoms with E-state index < -0.39 is 11.3 Å². The Bertz CT molecular complexity index is 270. The van der Waals surface area contributed by atoms with Crippen LogP contribution in [0.3, 0.4) is 0 Å². The molecule has 0 fully saturated rings. The number of hydrogen-bond acceptors (Lipinski definition) is 3. The lowest BCUT2D eigenvalue weighted by Crippen LogP contribution is -2.42. The van der Waals surface area contributed by atoms with Gasteiger partial charge in [0.15, 0.2) is 0 Å². The molecule has 0 radical (unpaired) electrons. The molecule has 0 aliphatic rings. The highest BCUT2D eigenvalue weighted by Gasteiger charge is 2.30. The van der Waals surface area contributed by atoms with Gasteiger partial charge in [-0.15, -0.1) is 0 Å². The molecule has 1 unspecified atom stereocenters. The Morgan fingerprint density at radius 3 is 2.43 bits per heavy atom. The quantitative estimate of drug-likeness (QED) is 0.654. The number of rotatable bonds is 4. The van der Waals surface area contributed by atoms with Gasteiger partial charge in [-0.3, -0.25) is 9.59 Å². The first-order valence-electron chi connectivity index (χ1n) is 4.40. The zero-order valence-corrected chi connectivity index (χ0v) is 8.68. The van der Waals surface area contributed by atoms with Crippen molar-refractivity contribution >= 4 is 11.8 Å². The van der Waals surface area contributed by atoms with Crippen molar-refractivity contribution in [2.75, 3.05) is 13.6 Å². The monoisotopic (exact) mass is 197 g/mol. The lowest BCUT2D eigenvalue weighted by molar-refractivity contribution is -0.130. The van der Waals surface area contributed by atoms with E-state index in [4.69, 9.17) is 5.26 Å². The van der Waals surface area contributed by atoms with Crippen LogP contribution >= 0.6 is 0 Å². The summed E-state index contributed by atoms with van der Waals surface area (Å²) >= 11 is 0. The van der Waals surface area contributed by atoms with Crippen molar-refractivity contribution in [1.82, 2.24) is 10.6 Å². The van der Waals surface area contributed by atoms with Crippen molar-refractivity contribution in [2.24, 2.45) is 5.41 Å². The highest BCUT2D eigenvalue weighted by atomic mass is 16.2. The van der Waals surface area contributed by atoms with Crippen LogP contribution in [0.5, 0.6) is 0 Å². The number of nitriles is 1. The molecular formula is C9H15N3O2. The minimum atomic E-state index is -1.05. The third-order valence-corrected chi connectivity index (χ3v) is 2.14. The van der Waals surface area contributed by atoms with Gasteiger partial charge in [0.05, 0.1) is 12.6 Å². The van der Waals surface area contributed by atoms with Crippen LogP contribution in [0.2, 0.25) is 0 Å². The second-order valence-electron chi connectivity index (χ2n) is 3.15. The van der Waals surface area contributed by atoms with Gasteiger partial charge in [0, 0.05) is 7.05 Å². The summed E-state index contributed by atoms with van der Waals surface area (Å²) in [7, 11) is 1.48. The highest BCUT2D eigenvalue weighted by molar-refractivity contribution is 5.89. The standard InChI is InChI=1S/C9H15N3O2/c1-4-9(2,6-10)8(14)12-5-7(13)11-3/h4-5H2,1-3H3,(H,11,13)(H,12,14). The maximum atomic E-state index is 11.4. The van der Waals surface area contributed by atoms with Crippen molar-refractivity contribution in [3.63, 3.8) is 0 Å². The molecule has 0 spiro atoms. The smallest absolute Gasteiger partial charge is 0.240 e. The van der Waals surface area contributed by atoms with Crippen LogP contribution in [0.4, 0.5) is 0 Å². The summed E-state index contributed by atoms with van der Waals surface area (Å²) in [6, 6.07) is 1.93. The Hall–Kier alpha value is -1.57. The van der Waals surface area contributed by atoms with Crippen LogP contribution in [0.1, 0.15) is 20.3 Å². The number of nitrogens with one attached hydrogen (secondary N) is 2. The number of likely N-dealkylation sites (N-methyl/N-ethyl adjacent to an activating group) is 1. The van der Waals surface area contributed by atoms with E-state index in [-0.39, 0.29) is 12.5 Å². The fourth-order valence-electron chi connectivity index (χ4n) is 0.734. The van der Waals surface area contributed by atoms with Crippen LogP contribution < -0.4 is 10.6 Å². The molecule has 0 aromatic heterocycles. The molecule has 0 aromatic rings. The predicted octanol–water partition coefficient (Wildman–Crippen LogP) is -0.212. The number of amides is 2. The topological polar surface area (TPSA) is 82.0 Å². The van der Waals surface area contributed by atoms with Crippen molar-refractivity contribution in [1.29, 1.82) is 5.26 Å². The first-order valence-corrected chi connectivity index (χ1v) is 4.40. The molecule has 0 aliphatic heterocycles.